The molecule has 0 bridgehead atoms. The molecular weight excluding hydrogens is 222 g/mol. The van der Waals surface area contributed by atoms with Gasteiger partial charge in [-0.3, -0.25) is 0 Å². The van der Waals surface area contributed by atoms with Crippen molar-refractivity contribution in [2.45, 2.75) is 39.2 Å². The summed E-state index contributed by atoms with van der Waals surface area (Å²) < 4.78 is 0. The van der Waals surface area contributed by atoms with Gasteiger partial charge in [0.1, 0.15) is 0 Å². The highest BCUT2D eigenvalue weighted by Crippen LogP contribution is 2.35. The quantitative estimate of drug-likeness (QED) is 0.884. The van der Waals surface area contributed by atoms with E-state index in [2.05, 4.69) is 49.1 Å². The molecule has 0 radical (unpaired) electrons. The van der Waals surface area contributed by atoms with Crippen molar-refractivity contribution in [1.29, 1.82) is 0 Å². The maximum Gasteiger partial charge on any atom is 0.0491 e. The minimum absolute atomic E-state index is 0.104. The monoisotopic (exact) mass is 247 g/mol. The molecule has 1 N–H and O–H groups in total. The van der Waals surface area contributed by atoms with Crippen LogP contribution in [0.25, 0.3) is 0 Å². The molecule has 0 spiro atoms. The first-order valence-electron chi connectivity index (χ1n) is 7.04. The van der Waals surface area contributed by atoms with Gasteiger partial charge in [-0.05, 0) is 57.2 Å². The summed E-state index contributed by atoms with van der Waals surface area (Å²) in [5, 5.41) is 9.81. The molecule has 0 saturated carbocycles. The van der Waals surface area contributed by atoms with Crippen molar-refractivity contribution in [3.63, 3.8) is 0 Å². The van der Waals surface area contributed by atoms with E-state index in [9.17, 15) is 5.11 Å². The van der Waals surface area contributed by atoms with Gasteiger partial charge in [-0.1, -0.05) is 30.3 Å². The van der Waals surface area contributed by atoms with Crippen molar-refractivity contribution in [3.8, 4) is 0 Å². The maximum atomic E-state index is 9.81. The number of aliphatic hydroxyl groups is 1. The summed E-state index contributed by atoms with van der Waals surface area (Å²) in [4.78, 5) is 2.51. The van der Waals surface area contributed by atoms with Gasteiger partial charge < -0.3 is 10.0 Å². The van der Waals surface area contributed by atoms with E-state index in [1.807, 2.05) is 0 Å². The van der Waals surface area contributed by atoms with Gasteiger partial charge in [0.15, 0.2) is 0 Å². The van der Waals surface area contributed by atoms with E-state index in [0.717, 1.165) is 32.4 Å². The van der Waals surface area contributed by atoms with Crippen molar-refractivity contribution in [1.82, 2.24) is 4.90 Å². The number of nitrogens with zero attached hydrogens (tertiary/aromatic N) is 1. The average Bonchev–Trinajstić information content (AvgIpc) is 2.40. The molecule has 1 aromatic rings. The minimum atomic E-state index is 0.104. The molecule has 0 amide bonds. The van der Waals surface area contributed by atoms with Crippen molar-refractivity contribution < 1.29 is 5.11 Å². The lowest BCUT2D eigenvalue weighted by molar-refractivity contribution is 0.0331. The van der Waals surface area contributed by atoms with Crippen LogP contribution < -0.4 is 0 Å². The van der Waals surface area contributed by atoms with E-state index in [1.54, 1.807) is 0 Å². The van der Waals surface area contributed by atoms with Crippen molar-refractivity contribution >= 4 is 0 Å². The fourth-order valence-electron chi connectivity index (χ4n) is 2.93. The minimum Gasteiger partial charge on any atom is -0.396 e. The van der Waals surface area contributed by atoms with Crippen LogP contribution >= 0.6 is 0 Å². The molecule has 1 saturated heterocycles. The van der Waals surface area contributed by atoms with Crippen molar-refractivity contribution in [2.75, 3.05) is 19.7 Å². The lowest BCUT2D eigenvalue weighted by Gasteiger charge is -2.42. The van der Waals surface area contributed by atoms with Crippen molar-refractivity contribution in [3.05, 3.63) is 35.9 Å². The van der Waals surface area contributed by atoms with E-state index in [4.69, 9.17) is 0 Å². The molecule has 0 unspecified atom stereocenters. The average molecular weight is 247 g/mol. The number of hydrogen-bond donors (Lipinski definition) is 1. The van der Waals surface area contributed by atoms with Gasteiger partial charge in [0, 0.05) is 12.6 Å². The molecule has 1 aromatic carbocycles. The molecule has 2 rings (SSSR count). The van der Waals surface area contributed by atoms with E-state index < -0.39 is 0 Å². The molecule has 0 aliphatic carbocycles. The Labute approximate surface area is 111 Å². The Balaban J connectivity index is 2.00. The third-order valence-corrected chi connectivity index (χ3v) is 4.35. The van der Waals surface area contributed by atoms with E-state index in [-0.39, 0.29) is 5.41 Å². The zero-order valence-corrected chi connectivity index (χ0v) is 11.6. The molecule has 0 atom stereocenters. The number of hydrogen-bond acceptors (Lipinski definition) is 2. The van der Waals surface area contributed by atoms with Crippen LogP contribution in [0, 0.1) is 5.41 Å². The Kier molecular flexibility index (Phi) is 4.41. The Morgan fingerprint density at radius 1 is 1.17 bits per heavy atom. The summed E-state index contributed by atoms with van der Waals surface area (Å²) in [5.74, 6) is 0. The Morgan fingerprint density at radius 3 is 2.28 bits per heavy atom. The van der Waals surface area contributed by atoms with E-state index >= 15 is 0 Å². The molecule has 2 nitrogen and oxygen atoms in total. The number of benzene rings is 1. The summed E-state index contributed by atoms with van der Waals surface area (Å²) in [6.45, 7) is 7.05. The molecule has 100 valence electrons. The zero-order valence-electron chi connectivity index (χ0n) is 11.6. The first kappa shape index (κ1) is 13.6. The van der Waals surface area contributed by atoms with Crippen LogP contribution in [0.4, 0.5) is 0 Å². The SMILES string of the molecule is CC(C)N1CCC(CO)(Cc2ccccc2)CC1. The summed E-state index contributed by atoms with van der Waals surface area (Å²) in [6, 6.07) is 11.2. The van der Waals surface area contributed by atoms with Crippen LogP contribution in [0.2, 0.25) is 0 Å². The van der Waals surface area contributed by atoms with Crippen LogP contribution in [-0.2, 0) is 6.42 Å². The first-order valence-corrected chi connectivity index (χ1v) is 7.04. The van der Waals surface area contributed by atoms with Gasteiger partial charge in [-0.25, -0.2) is 0 Å². The first-order chi connectivity index (χ1) is 8.65. The van der Waals surface area contributed by atoms with Crippen LogP contribution in [0.5, 0.6) is 0 Å². The number of aliphatic hydroxyl groups excluding tert-OH is 1. The van der Waals surface area contributed by atoms with Gasteiger partial charge in [0.05, 0.1) is 0 Å². The Bertz CT molecular complexity index is 353. The lowest BCUT2D eigenvalue weighted by atomic mass is 9.74. The molecule has 1 aliphatic heterocycles. The Hall–Kier alpha value is -0.860. The normalized spacial score (nSPS) is 20.2. The van der Waals surface area contributed by atoms with Crippen LogP contribution in [0.1, 0.15) is 32.3 Å². The summed E-state index contributed by atoms with van der Waals surface area (Å²) in [5.41, 5.74) is 1.46. The topological polar surface area (TPSA) is 23.5 Å². The number of piperidine rings is 1. The van der Waals surface area contributed by atoms with Gasteiger partial charge in [0.2, 0.25) is 0 Å². The van der Waals surface area contributed by atoms with Crippen LogP contribution in [-0.4, -0.2) is 35.7 Å². The van der Waals surface area contributed by atoms with E-state index in [1.165, 1.54) is 5.56 Å². The predicted molar refractivity (Wildman–Crippen MR) is 75.6 cm³/mol. The largest absolute Gasteiger partial charge is 0.396 e. The highest BCUT2D eigenvalue weighted by atomic mass is 16.3. The molecule has 1 heterocycles. The molecular formula is C16H25NO. The van der Waals surface area contributed by atoms with Crippen LogP contribution in [0.3, 0.4) is 0 Å². The molecule has 0 aromatic heterocycles. The highest BCUT2D eigenvalue weighted by molar-refractivity contribution is 5.17. The van der Waals surface area contributed by atoms with Gasteiger partial charge in [-0.2, -0.15) is 0 Å². The molecule has 1 fully saturated rings. The molecule has 1 aliphatic rings. The zero-order chi connectivity index (χ0) is 13.0. The molecule has 18 heavy (non-hydrogen) atoms. The summed E-state index contributed by atoms with van der Waals surface area (Å²) in [7, 11) is 0. The predicted octanol–water partition coefficient (Wildman–Crippen LogP) is 2.71. The van der Waals surface area contributed by atoms with E-state index in [0.29, 0.717) is 12.6 Å². The second-order valence-electron chi connectivity index (χ2n) is 5.95. The van der Waals surface area contributed by atoms with Gasteiger partial charge in [0.25, 0.3) is 0 Å². The second-order valence-corrected chi connectivity index (χ2v) is 5.95. The Morgan fingerprint density at radius 2 is 1.78 bits per heavy atom. The number of likely N-dealkylation sites (tertiary alicyclic amines) is 1. The third-order valence-electron chi connectivity index (χ3n) is 4.35. The fraction of sp³-hybridized carbons (Fsp3) is 0.625. The molecule has 2 heteroatoms. The van der Waals surface area contributed by atoms with Gasteiger partial charge in [-0.15, -0.1) is 0 Å². The summed E-state index contributed by atoms with van der Waals surface area (Å²) >= 11 is 0. The lowest BCUT2D eigenvalue weighted by Crippen LogP contribution is -2.45. The van der Waals surface area contributed by atoms with Crippen molar-refractivity contribution in [2.24, 2.45) is 5.41 Å². The standard InChI is InChI=1S/C16H25NO/c1-14(2)17-10-8-16(13-18,9-11-17)12-15-6-4-3-5-7-15/h3-7,14,18H,8-13H2,1-2H3. The number of rotatable bonds is 4. The van der Waals surface area contributed by atoms with Crippen LogP contribution in [0.15, 0.2) is 30.3 Å². The second kappa shape index (κ2) is 5.85. The smallest absolute Gasteiger partial charge is 0.0491 e. The summed E-state index contributed by atoms with van der Waals surface area (Å²) in [6.07, 6.45) is 3.23. The van der Waals surface area contributed by atoms with Gasteiger partial charge >= 0.3 is 0 Å². The fourth-order valence-corrected chi connectivity index (χ4v) is 2.93. The third kappa shape index (κ3) is 3.12. The highest BCUT2D eigenvalue weighted by Gasteiger charge is 2.34. The maximum absolute atomic E-state index is 9.81.